The van der Waals surface area contributed by atoms with E-state index in [0.29, 0.717) is 6.04 Å². The summed E-state index contributed by atoms with van der Waals surface area (Å²) in [5, 5.41) is 9.46. The maximum Gasteiger partial charge on any atom is 0.0833 e. The van der Waals surface area contributed by atoms with Crippen molar-refractivity contribution in [2.75, 3.05) is 0 Å². The van der Waals surface area contributed by atoms with Crippen LogP contribution in [0.1, 0.15) is 69.8 Å². The molecule has 1 aliphatic carbocycles. The minimum Gasteiger partial charge on any atom is -0.390 e. The summed E-state index contributed by atoms with van der Waals surface area (Å²) in [6.07, 6.45) is 9.33. The SMILES string of the molecule is CC[C@@H](C)n1c(CO)ccc1CC1CCCCC1. The summed E-state index contributed by atoms with van der Waals surface area (Å²) >= 11 is 0. The van der Waals surface area contributed by atoms with Crippen molar-refractivity contribution < 1.29 is 5.11 Å². The van der Waals surface area contributed by atoms with Gasteiger partial charge in [-0.25, -0.2) is 0 Å². The highest BCUT2D eigenvalue weighted by molar-refractivity contribution is 5.18. The molecule has 18 heavy (non-hydrogen) atoms. The average Bonchev–Trinajstić information content (AvgIpc) is 2.82. The first-order valence-corrected chi connectivity index (χ1v) is 7.56. The van der Waals surface area contributed by atoms with Crippen molar-refractivity contribution in [3.8, 4) is 0 Å². The molecule has 0 amide bonds. The van der Waals surface area contributed by atoms with Gasteiger partial charge in [-0.3, -0.25) is 0 Å². The van der Waals surface area contributed by atoms with Crippen LogP contribution < -0.4 is 0 Å². The Morgan fingerprint density at radius 2 is 1.89 bits per heavy atom. The van der Waals surface area contributed by atoms with E-state index in [1.807, 2.05) is 0 Å². The standard InChI is InChI=1S/C16H27NO/c1-3-13(2)17-15(9-10-16(17)12-18)11-14-7-5-4-6-8-14/h9-10,13-14,18H,3-8,11-12H2,1-2H3/t13-/m1/s1. The molecule has 2 heteroatoms. The fourth-order valence-electron chi connectivity index (χ4n) is 3.27. The molecule has 0 aromatic carbocycles. The molecule has 0 radical (unpaired) electrons. The zero-order valence-electron chi connectivity index (χ0n) is 11.9. The van der Waals surface area contributed by atoms with E-state index in [1.54, 1.807) is 0 Å². The lowest BCUT2D eigenvalue weighted by Gasteiger charge is -2.24. The normalized spacial score (nSPS) is 19.1. The molecule has 1 aromatic heterocycles. The van der Waals surface area contributed by atoms with Crippen molar-refractivity contribution in [3.63, 3.8) is 0 Å². The second-order valence-corrected chi connectivity index (χ2v) is 5.81. The first kappa shape index (κ1) is 13.7. The summed E-state index contributed by atoms with van der Waals surface area (Å²) in [6, 6.07) is 4.83. The number of hydrogen-bond donors (Lipinski definition) is 1. The number of aliphatic hydroxyl groups is 1. The van der Waals surface area contributed by atoms with Gasteiger partial charge in [0.05, 0.1) is 6.61 Å². The first-order chi connectivity index (χ1) is 8.76. The van der Waals surface area contributed by atoms with Crippen molar-refractivity contribution >= 4 is 0 Å². The van der Waals surface area contributed by atoms with Gasteiger partial charge in [0.15, 0.2) is 0 Å². The van der Waals surface area contributed by atoms with Crippen molar-refractivity contribution in [1.29, 1.82) is 0 Å². The second-order valence-electron chi connectivity index (χ2n) is 5.81. The third-order valence-electron chi connectivity index (χ3n) is 4.50. The molecule has 1 N–H and O–H groups in total. The maximum absolute atomic E-state index is 9.46. The highest BCUT2D eigenvalue weighted by Crippen LogP contribution is 2.29. The van der Waals surface area contributed by atoms with Gasteiger partial charge < -0.3 is 9.67 Å². The van der Waals surface area contributed by atoms with Crippen molar-refractivity contribution in [2.45, 2.75) is 71.4 Å². The Bertz CT molecular complexity index is 363. The van der Waals surface area contributed by atoms with Crippen LogP contribution in [-0.4, -0.2) is 9.67 Å². The molecular formula is C16H27NO. The van der Waals surface area contributed by atoms with Gasteiger partial charge in [-0.15, -0.1) is 0 Å². The van der Waals surface area contributed by atoms with Crippen LogP contribution in [-0.2, 0) is 13.0 Å². The quantitative estimate of drug-likeness (QED) is 0.836. The highest BCUT2D eigenvalue weighted by atomic mass is 16.3. The lowest BCUT2D eigenvalue weighted by Crippen LogP contribution is -2.16. The lowest BCUT2D eigenvalue weighted by molar-refractivity contribution is 0.264. The average molecular weight is 249 g/mol. The Labute approximate surface area is 111 Å². The zero-order chi connectivity index (χ0) is 13.0. The Balaban J connectivity index is 2.13. The third kappa shape index (κ3) is 2.97. The topological polar surface area (TPSA) is 25.2 Å². The molecule has 0 unspecified atom stereocenters. The molecule has 1 atom stereocenters. The zero-order valence-corrected chi connectivity index (χ0v) is 11.9. The molecule has 1 fully saturated rings. The van der Waals surface area contributed by atoms with Gasteiger partial charge in [-0.1, -0.05) is 39.0 Å². The molecule has 2 nitrogen and oxygen atoms in total. The molecule has 0 aliphatic heterocycles. The Morgan fingerprint density at radius 1 is 1.22 bits per heavy atom. The van der Waals surface area contributed by atoms with Crippen LogP contribution in [0, 0.1) is 5.92 Å². The number of rotatable bonds is 5. The Kier molecular flexibility index (Phi) is 4.87. The predicted octanol–water partition coefficient (Wildman–Crippen LogP) is 4.07. The molecule has 2 rings (SSSR count). The van der Waals surface area contributed by atoms with Crippen LogP contribution in [0.2, 0.25) is 0 Å². The summed E-state index contributed by atoms with van der Waals surface area (Å²) in [6.45, 7) is 4.63. The van der Waals surface area contributed by atoms with E-state index < -0.39 is 0 Å². The van der Waals surface area contributed by atoms with Gasteiger partial charge in [0, 0.05) is 17.4 Å². The summed E-state index contributed by atoms with van der Waals surface area (Å²) < 4.78 is 2.37. The molecule has 1 aromatic rings. The van der Waals surface area contributed by atoms with E-state index in [2.05, 4.69) is 30.5 Å². The minimum atomic E-state index is 0.162. The Morgan fingerprint density at radius 3 is 2.50 bits per heavy atom. The molecule has 0 bridgehead atoms. The largest absolute Gasteiger partial charge is 0.390 e. The second kappa shape index (κ2) is 6.42. The van der Waals surface area contributed by atoms with Crippen LogP contribution in [0.25, 0.3) is 0 Å². The third-order valence-corrected chi connectivity index (χ3v) is 4.50. The number of hydrogen-bond acceptors (Lipinski definition) is 1. The van der Waals surface area contributed by atoms with Crippen LogP contribution in [0.4, 0.5) is 0 Å². The van der Waals surface area contributed by atoms with Gasteiger partial charge in [0.2, 0.25) is 0 Å². The summed E-state index contributed by atoms with van der Waals surface area (Å²) in [5.41, 5.74) is 2.51. The molecule has 1 heterocycles. The van der Waals surface area contributed by atoms with Gasteiger partial charge >= 0.3 is 0 Å². The van der Waals surface area contributed by atoms with Crippen molar-refractivity contribution in [3.05, 3.63) is 23.5 Å². The number of nitrogens with zero attached hydrogens (tertiary/aromatic N) is 1. The molecule has 1 saturated carbocycles. The summed E-state index contributed by atoms with van der Waals surface area (Å²) in [4.78, 5) is 0. The number of aromatic nitrogens is 1. The Hall–Kier alpha value is -0.760. The minimum absolute atomic E-state index is 0.162. The van der Waals surface area contributed by atoms with Gasteiger partial charge in [0.25, 0.3) is 0 Å². The van der Waals surface area contributed by atoms with Gasteiger partial charge in [-0.2, -0.15) is 0 Å². The lowest BCUT2D eigenvalue weighted by atomic mass is 9.86. The van der Waals surface area contributed by atoms with E-state index in [9.17, 15) is 5.11 Å². The van der Waals surface area contributed by atoms with Crippen LogP contribution in [0.15, 0.2) is 12.1 Å². The fraction of sp³-hybridized carbons (Fsp3) is 0.750. The summed E-state index contributed by atoms with van der Waals surface area (Å²) in [7, 11) is 0. The van der Waals surface area contributed by atoms with E-state index in [-0.39, 0.29) is 6.61 Å². The predicted molar refractivity (Wildman–Crippen MR) is 75.6 cm³/mol. The smallest absolute Gasteiger partial charge is 0.0833 e. The monoisotopic (exact) mass is 249 g/mol. The molecule has 0 spiro atoms. The van der Waals surface area contributed by atoms with Gasteiger partial charge in [0.1, 0.15) is 0 Å². The van der Waals surface area contributed by atoms with E-state index in [1.165, 1.54) is 44.2 Å². The molecule has 102 valence electrons. The molecule has 1 aliphatic rings. The molecule has 0 saturated heterocycles. The van der Waals surface area contributed by atoms with E-state index in [4.69, 9.17) is 0 Å². The van der Waals surface area contributed by atoms with Crippen molar-refractivity contribution in [2.24, 2.45) is 5.92 Å². The molecular weight excluding hydrogens is 222 g/mol. The first-order valence-electron chi connectivity index (χ1n) is 7.56. The summed E-state index contributed by atoms with van der Waals surface area (Å²) in [5.74, 6) is 0.864. The number of aliphatic hydroxyl groups excluding tert-OH is 1. The van der Waals surface area contributed by atoms with Gasteiger partial charge in [-0.05, 0) is 37.8 Å². The van der Waals surface area contributed by atoms with E-state index >= 15 is 0 Å². The van der Waals surface area contributed by atoms with E-state index in [0.717, 1.165) is 18.0 Å². The highest BCUT2D eigenvalue weighted by Gasteiger charge is 2.18. The van der Waals surface area contributed by atoms with Crippen LogP contribution in [0.5, 0.6) is 0 Å². The maximum atomic E-state index is 9.46. The fourth-order valence-corrected chi connectivity index (χ4v) is 3.27. The van der Waals surface area contributed by atoms with Crippen molar-refractivity contribution in [1.82, 2.24) is 4.57 Å². The van der Waals surface area contributed by atoms with Crippen LogP contribution in [0.3, 0.4) is 0 Å². The van der Waals surface area contributed by atoms with Crippen LogP contribution >= 0.6 is 0 Å².